The molecule has 2 N–H and O–H groups in total. The average molecular weight is 256 g/mol. The smallest absolute Gasteiger partial charge is 0.258 e. The molecule has 0 heterocycles. The fourth-order valence-electron chi connectivity index (χ4n) is 1.49. The van der Waals surface area contributed by atoms with E-state index in [-0.39, 0.29) is 0 Å². The van der Waals surface area contributed by atoms with Crippen LogP contribution in [0.15, 0.2) is 12.1 Å². The van der Waals surface area contributed by atoms with Gasteiger partial charge in [0.05, 0.1) is 0 Å². The number of halogens is 1. The molecule has 1 atom stereocenters. The highest BCUT2D eigenvalue weighted by Gasteiger charge is 2.15. The molecule has 1 aromatic carbocycles. The Labute approximate surface area is 107 Å². The van der Waals surface area contributed by atoms with Gasteiger partial charge in [-0.15, -0.1) is 0 Å². The fourth-order valence-corrected chi connectivity index (χ4v) is 1.92. The van der Waals surface area contributed by atoms with Crippen molar-refractivity contribution in [3.63, 3.8) is 0 Å². The van der Waals surface area contributed by atoms with E-state index in [1.807, 2.05) is 19.1 Å². The van der Waals surface area contributed by atoms with Crippen LogP contribution >= 0.6 is 11.6 Å². The van der Waals surface area contributed by atoms with E-state index in [1.165, 1.54) is 0 Å². The molecule has 0 aromatic heterocycles. The third kappa shape index (κ3) is 3.37. The Hall–Kier alpha value is -1.22. The van der Waals surface area contributed by atoms with Gasteiger partial charge in [0.1, 0.15) is 5.75 Å². The number of hydrogen-bond acceptors (Lipinski definition) is 2. The third-order valence-electron chi connectivity index (χ3n) is 2.62. The van der Waals surface area contributed by atoms with E-state index in [9.17, 15) is 4.79 Å². The lowest BCUT2D eigenvalue weighted by atomic mass is 10.0. The van der Waals surface area contributed by atoms with Crippen molar-refractivity contribution in [3.05, 3.63) is 28.3 Å². The molecule has 94 valence electrons. The van der Waals surface area contributed by atoms with Crippen molar-refractivity contribution in [3.8, 4) is 5.75 Å². The van der Waals surface area contributed by atoms with Gasteiger partial charge in [0, 0.05) is 5.02 Å². The third-order valence-corrected chi connectivity index (χ3v) is 2.95. The molecule has 3 nitrogen and oxygen atoms in total. The molecule has 0 aliphatic carbocycles. The zero-order valence-electron chi connectivity index (χ0n) is 10.6. The van der Waals surface area contributed by atoms with Gasteiger partial charge in [0.15, 0.2) is 6.10 Å². The summed E-state index contributed by atoms with van der Waals surface area (Å²) in [4.78, 5) is 11.0. The van der Waals surface area contributed by atoms with Crippen molar-refractivity contribution in [2.75, 3.05) is 0 Å². The summed E-state index contributed by atoms with van der Waals surface area (Å²) in [5.41, 5.74) is 7.07. The summed E-state index contributed by atoms with van der Waals surface area (Å²) >= 11 is 6.15. The maximum atomic E-state index is 11.0. The number of carbonyl (C=O) groups is 1. The second kappa shape index (κ2) is 5.41. The molecule has 0 aliphatic heterocycles. The first kappa shape index (κ1) is 13.8. The maximum Gasteiger partial charge on any atom is 0.258 e. The van der Waals surface area contributed by atoms with Crippen molar-refractivity contribution in [2.24, 2.45) is 5.73 Å². The first-order valence-electron chi connectivity index (χ1n) is 5.59. The van der Waals surface area contributed by atoms with Crippen molar-refractivity contribution >= 4 is 17.5 Å². The Morgan fingerprint density at radius 1 is 1.35 bits per heavy atom. The Bertz CT molecular complexity index is 430. The van der Waals surface area contributed by atoms with Gasteiger partial charge in [-0.2, -0.15) is 0 Å². The van der Waals surface area contributed by atoms with Gasteiger partial charge in [-0.3, -0.25) is 4.79 Å². The quantitative estimate of drug-likeness (QED) is 0.899. The number of nitrogens with two attached hydrogens (primary N) is 1. The van der Waals surface area contributed by atoms with Gasteiger partial charge in [-0.05, 0) is 43.0 Å². The topological polar surface area (TPSA) is 52.3 Å². The molecule has 0 fully saturated rings. The summed E-state index contributed by atoms with van der Waals surface area (Å²) < 4.78 is 5.52. The molecule has 1 unspecified atom stereocenters. The van der Waals surface area contributed by atoms with E-state index >= 15 is 0 Å². The highest BCUT2D eigenvalue weighted by molar-refractivity contribution is 6.31. The highest BCUT2D eigenvalue weighted by atomic mass is 35.5. The van der Waals surface area contributed by atoms with E-state index in [2.05, 4.69) is 13.8 Å². The number of carbonyl (C=O) groups excluding carboxylic acids is 1. The molecule has 1 amide bonds. The molecule has 17 heavy (non-hydrogen) atoms. The normalized spacial score (nSPS) is 12.6. The fraction of sp³-hybridized carbons (Fsp3) is 0.462. The molecule has 1 aromatic rings. The molecule has 0 aliphatic rings. The molecular formula is C13H18ClNO2. The number of hydrogen-bond donors (Lipinski definition) is 1. The van der Waals surface area contributed by atoms with Gasteiger partial charge in [-0.25, -0.2) is 0 Å². The molecule has 1 rings (SSSR count). The summed E-state index contributed by atoms with van der Waals surface area (Å²) in [5, 5.41) is 0.719. The lowest BCUT2D eigenvalue weighted by Gasteiger charge is -2.17. The molecule has 0 bridgehead atoms. The van der Waals surface area contributed by atoms with Crippen molar-refractivity contribution in [1.29, 1.82) is 0 Å². The Morgan fingerprint density at radius 2 is 1.94 bits per heavy atom. The minimum Gasteiger partial charge on any atom is -0.481 e. The number of ether oxygens (including phenoxy) is 1. The molecular weight excluding hydrogens is 238 g/mol. The molecule has 0 spiro atoms. The number of rotatable bonds is 4. The number of aryl methyl sites for hydroxylation is 1. The van der Waals surface area contributed by atoms with Crippen LogP contribution < -0.4 is 10.5 Å². The second-order valence-electron chi connectivity index (χ2n) is 4.46. The van der Waals surface area contributed by atoms with Gasteiger partial charge < -0.3 is 10.5 Å². The van der Waals surface area contributed by atoms with Gasteiger partial charge in [0.2, 0.25) is 0 Å². The summed E-state index contributed by atoms with van der Waals surface area (Å²) in [6.07, 6.45) is -0.644. The highest BCUT2D eigenvalue weighted by Crippen LogP contribution is 2.31. The summed E-state index contributed by atoms with van der Waals surface area (Å²) in [6, 6.07) is 3.72. The predicted molar refractivity (Wildman–Crippen MR) is 69.6 cm³/mol. The number of amides is 1. The second-order valence-corrected chi connectivity index (χ2v) is 4.86. The summed E-state index contributed by atoms with van der Waals surface area (Å²) in [6.45, 7) is 7.63. The zero-order chi connectivity index (χ0) is 13.2. The monoisotopic (exact) mass is 255 g/mol. The lowest BCUT2D eigenvalue weighted by Crippen LogP contribution is -2.30. The summed E-state index contributed by atoms with van der Waals surface area (Å²) in [7, 11) is 0. The van der Waals surface area contributed by atoms with Crippen LogP contribution in [0.2, 0.25) is 5.02 Å². The van der Waals surface area contributed by atoms with E-state index in [0.29, 0.717) is 11.7 Å². The minimum atomic E-state index is -0.644. The van der Waals surface area contributed by atoms with Gasteiger partial charge in [0.25, 0.3) is 5.91 Å². The number of benzene rings is 1. The molecule has 0 saturated heterocycles. The molecule has 0 saturated carbocycles. The van der Waals surface area contributed by atoms with Crippen LogP contribution in [0.5, 0.6) is 5.75 Å². The van der Waals surface area contributed by atoms with Crippen molar-refractivity contribution in [1.82, 2.24) is 0 Å². The van der Waals surface area contributed by atoms with Crippen LogP contribution in [0.3, 0.4) is 0 Å². The minimum absolute atomic E-state index is 0.300. The first-order chi connectivity index (χ1) is 7.82. The number of primary amides is 1. The van der Waals surface area contributed by atoms with Crippen LogP contribution in [0, 0.1) is 6.92 Å². The van der Waals surface area contributed by atoms with Crippen LogP contribution in [0.1, 0.15) is 37.8 Å². The largest absolute Gasteiger partial charge is 0.481 e. The maximum absolute atomic E-state index is 11.0. The zero-order valence-corrected chi connectivity index (χ0v) is 11.3. The van der Waals surface area contributed by atoms with E-state index in [0.717, 1.165) is 16.1 Å². The Balaban J connectivity index is 3.07. The first-order valence-corrected chi connectivity index (χ1v) is 5.96. The lowest BCUT2D eigenvalue weighted by molar-refractivity contribution is -0.123. The van der Waals surface area contributed by atoms with Crippen molar-refractivity contribution in [2.45, 2.75) is 39.7 Å². The summed E-state index contributed by atoms with van der Waals surface area (Å²) in [5.74, 6) is 0.476. The van der Waals surface area contributed by atoms with Crippen LogP contribution in [-0.4, -0.2) is 12.0 Å². The van der Waals surface area contributed by atoms with E-state index in [1.54, 1.807) is 6.92 Å². The van der Waals surface area contributed by atoms with E-state index < -0.39 is 12.0 Å². The van der Waals surface area contributed by atoms with E-state index in [4.69, 9.17) is 22.1 Å². The molecule has 4 heteroatoms. The Morgan fingerprint density at radius 3 is 2.41 bits per heavy atom. The SMILES string of the molecule is Cc1cc(Cl)c(C(C)C)cc1OC(C)C(N)=O. The van der Waals surface area contributed by atoms with Gasteiger partial charge in [-0.1, -0.05) is 25.4 Å². The molecule has 0 radical (unpaired) electrons. The van der Waals surface area contributed by atoms with Crippen LogP contribution in [-0.2, 0) is 4.79 Å². The van der Waals surface area contributed by atoms with Crippen LogP contribution in [0.4, 0.5) is 0 Å². The average Bonchev–Trinajstić information content (AvgIpc) is 2.21. The van der Waals surface area contributed by atoms with Gasteiger partial charge >= 0.3 is 0 Å². The predicted octanol–water partition coefficient (Wildman–Crippen LogP) is 3.02. The standard InChI is InChI=1S/C13H18ClNO2/c1-7(2)10-6-12(8(3)5-11(10)14)17-9(4)13(15)16/h5-7,9H,1-4H3,(H2,15,16). The Kier molecular flexibility index (Phi) is 4.40. The van der Waals surface area contributed by atoms with Crippen molar-refractivity contribution < 1.29 is 9.53 Å². The van der Waals surface area contributed by atoms with Crippen LogP contribution in [0.25, 0.3) is 0 Å².